The molecule has 0 atom stereocenters. The first-order valence-electron chi connectivity index (χ1n) is 5.09. The lowest BCUT2D eigenvalue weighted by atomic mass is 10.1. The summed E-state index contributed by atoms with van der Waals surface area (Å²) in [6.07, 6.45) is 0. The van der Waals surface area contributed by atoms with Crippen molar-refractivity contribution in [1.29, 1.82) is 0 Å². The lowest BCUT2D eigenvalue weighted by molar-refractivity contribution is -0.385. The van der Waals surface area contributed by atoms with E-state index in [2.05, 4.69) is 15.9 Å². The molecule has 2 N–H and O–H groups in total. The zero-order valence-corrected chi connectivity index (χ0v) is 12.2. The lowest BCUT2D eigenvalue weighted by Gasteiger charge is -2.17. The van der Waals surface area contributed by atoms with Crippen molar-refractivity contribution in [1.82, 2.24) is 0 Å². The first-order chi connectivity index (χ1) is 7.79. The van der Waals surface area contributed by atoms with E-state index in [0.717, 1.165) is 15.8 Å². The van der Waals surface area contributed by atoms with Crippen LogP contribution in [0.15, 0.2) is 22.7 Å². The maximum atomic E-state index is 10.9. The summed E-state index contributed by atoms with van der Waals surface area (Å²) in [7, 11) is 0. The van der Waals surface area contributed by atoms with Crippen molar-refractivity contribution >= 4 is 33.4 Å². The molecule has 0 aliphatic heterocycles. The summed E-state index contributed by atoms with van der Waals surface area (Å²) < 4.78 is 0.720. The first-order valence-corrected chi connectivity index (χ1v) is 7.04. The highest BCUT2D eigenvalue weighted by Gasteiger charge is 2.16. The minimum absolute atomic E-state index is 0.154. The molecule has 0 aliphatic carbocycles. The summed E-state index contributed by atoms with van der Waals surface area (Å²) in [5, 5.41) is 10.9. The minimum atomic E-state index is -0.353. The van der Waals surface area contributed by atoms with Gasteiger partial charge in [-0.15, -0.1) is 0 Å². The van der Waals surface area contributed by atoms with Crippen molar-refractivity contribution in [3.63, 3.8) is 0 Å². The molecule has 1 aromatic rings. The van der Waals surface area contributed by atoms with Crippen molar-refractivity contribution in [2.45, 2.75) is 25.1 Å². The predicted octanol–water partition coefficient (Wildman–Crippen LogP) is 3.33. The Morgan fingerprint density at radius 3 is 2.71 bits per heavy atom. The van der Waals surface area contributed by atoms with Crippen LogP contribution >= 0.6 is 27.7 Å². The van der Waals surface area contributed by atoms with Crippen LogP contribution in [0.2, 0.25) is 0 Å². The molecule has 0 aliphatic rings. The maximum absolute atomic E-state index is 10.9. The fourth-order valence-corrected chi connectivity index (χ4v) is 2.69. The second kappa shape index (κ2) is 5.84. The molecule has 6 heteroatoms. The van der Waals surface area contributed by atoms with Gasteiger partial charge >= 0.3 is 0 Å². The summed E-state index contributed by atoms with van der Waals surface area (Å²) in [4.78, 5) is 10.5. The van der Waals surface area contributed by atoms with Crippen LogP contribution < -0.4 is 5.73 Å². The van der Waals surface area contributed by atoms with Gasteiger partial charge in [-0.2, -0.15) is 11.8 Å². The molecular formula is C11H15BrN2O2S. The molecule has 0 heterocycles. The van der Waals surface area contributed by atoms with Crippen LogP contribution in [-0.2, 0) is 5.75 Å². The van der Waals surface area contributed by atoms with Gasteiger partial charge in [-0.25, -0.2) is 0 Å². The van der Waals surface area contributed by atoms with Gasteiger partial charge in [0.25, 0.3) is 5.69 Å². The number of nitro benzene ring substituents is 1. The number of hydrogen-bond donors (Lipinski definition) is 1. The zero-order chi connectivity index (χ0) is 13.1. The van der Waals surface area contributed by atoms with Gasteiger partial charge in [0.2, 0.25) is 0 Å². The zero-order valence-electron chi connectivity index (χ0n) is 9.77. The quantitative estimate of drug-likeness (QED) is 0.667. The number of nitro groups is 1. The normalized spacial score (nSPS) is 11.5. The average molecular weight is 319 g/mol. The maximum Gasteiger partial charge on any atom is 0.274 e. The number of benzene rings is 1. The van der Waals surface area contributed by atoms with Gasteiger partial charge in [-0.1, -0.05) is 22.0 Å². The fourth-order valence-electron chi connectivity index (χ4n) is 1.25. The third-order valence-corrected chi connectivity index (χ3v) is 3.93. The van der Waals surface area contributed by atoms with Crippen molar-refractivity contribution in [3.05, 3.63) is 38.3 Å². The molecule has 0 fully saturated rings. The molecule has 0 aromatic heterocycles. The van der Waals surface area contributed by atoms with Gasteiger partial charge in [-0.05, 0) is 19.9 Å². The van der Waals surface area contributed by atoms with Gasteiger partial charge in [-0.3, -0.25) is 10.1 Å². The van der Waals surface area contributed by atoms with Gasteiger partial charge in [0, 0.05) is 33.1 Å². The van der Waals surface area contributed by atoms with Crippen LogP contribution in [0.25, 0.3) is 0 Å². The van der Waals surface area contributed by atoms with E-state index in [-0.39, 0.29) is 16.1 Å². The van der Waals surface area contributed by atoms with E-state index in [0.29, 0.717) is 5.75 Å². The van der Waals surface area contributed by atoms with Gasteiger partial charge < -0.3 is 5.73 Å². The third kappa shape index (κ3) is 5.06. The first kappa shape index (κ1) is 14.5. The molecule has 0 amide bonds. The largest absolute Gasteiger partial charge is 0.325 e. The molecule has 0 unspecified atom stereocenters. The van der Waals surface area contributed by atoms with Crippen LogP contribution in [-0.4, -0.2) is 16.2 Å². The Balaban J connectivity index is 2.74. The van der Waals surface area contributed by atoms with E-state index in [1.54, 1.807) is 17.8 Å². The van der Waals surface area contributed by atoms with E-state index in [9.17, 15) is 10.1 Å². The molecule has 1 rings (SSSR count). The number of nitrogens with two attached hydrogens (primary N) is 1. The van der Waals surface area contributed by atoms with E-state index in [1.165, 1.54) is 6.07 Å². The fraction of sp³-hybridized carbons (Fsp3) is 0.455. The van der Waals surface area contributed by atoms with Gasteiger partial charge in [0.1, 0.15) is 0 Å². The Kier molecular flexibility index (Phi) is 4.97. The Labute approximate surface area is 113 Å². The molecule has 17 heavy (non-hydrogen) atoms. The highest BCUT2D eigenvalue weighted by molar-refractivity contribution is 9.10. The number of halogens is 1. The molecular weight excluding hydrogens is 304 g/mol. The van der Waals surface area contributed by atoms with Crippen molar-refractivity contribution < 1.29 is 4.92 Å². The summed E-state index contributed by atoms with van der Waals surface area (Å²) in [5.74, 6) is 1.37. The standard InChI is InChI=1S/C11H15BrN2O2S/c1-11(2,13)7-17-6-8-3-4-9(12)5-10(8)14(15)16/h3-5H,6-7,13H2,1-2H3. The summed E-state index contributed by atoms with van der Waals surface area (Å²) in [6, 6.07) is 5.12. The van der Waals surface area contributed by atoms with Crippen molar-refractivity contribution in [2.24, 2.45) is 5.73 Å². The Hall–Kier alpha value is -0.590. The molecule has 4 nitrogen and oxygen atoms in total. The number of hydrogen-bond acceptors (Lipinski definition) is 4. The van der Waals surface area contributed by atoms with E-state index >= 15 is 0 Å². The molecule has 0 spiro atoms. The van der Waals surface area contributed by atoms with Crippen LogP contribution in [0.5, 0.6) is 0 Å². The Morgan fingerprint density at radius 1 is 1.53 bits per heavy atom. The number of thioether (sulfide) groups is 1. The molecule has 0 saturated heterocycles. The highest BCUT2D eigenvalue weighted by Crippen LogP contribution is 2.27. The van der Waals surface area contributed by atoms with Gasteiger partial charge in [0.15, 0.2) is 0 Å². The predicted molar refractivity (Wildman–Crippen MR) is 75.2 cm³/mol. The summed E-state index contributed by atoms with van der Waals surface area (Å²) >= 11 is 4.84. The average Bonchev–Trinajstić information content (AvgIpc) is 2.18. The van der Waals surface area contributed by atoms with Crippen LogP contribution in [0.3, 0.4) is 0 Å². The monoisotopic (exact) mass is 318 g/mol. The van der Waals surface area contributed by atoms with Crippen LogP contribution in [0.1, 0.15) is 19.4 Å². The molecule has 0 saturated carbocycles. The van der Waals surface area contributed by atoms with Gasteiger partial charge in [0.05, 0.1) is 4.92 Å². The summed E-state index contributed by atoms with van der Waals surface area (Å²) in [5.41, 5.74) is 6.49. The van der Waals surface area contributed by atoms with Crippen LogP contribution in [0.4, 0.5) is 5.69 Å². The molecule has 94 valence electrons. The molecule has 0 bridgehead atoms. The van der Waals surface area contributed by atoms with Crippen LogP contribution in [0, 0.1) is 10.1 Å². The van der Waals surface area contributed by atoms with Crippen molar-refractivity contribution in [3.8, 4) is 0 Å². The highest BCUT2D eigenvalue weighted by atomic mass is 79.9. The second-order valence-corrected chi connectivity index (χ2v) is 6.41. The molecule has 1 aromatic carbocycles. The molecule has 0 radical (unpaired) electrons. The Bertz CT molecular complexity index is 418. The topological polar surface area (TPSA) is 69.2 Å². The van der Waals surface area contributed by atoms with E-state index < -0.39 is 0 Å². The van der Waals surface area contributed by atoms with E-state index in [4.69, 9.17) is 5.73 Å². The van der Waals surface area contributed by atoms with Crippen molar-refractivity contribution in [2.75, 3.05) is 5.75 Å². The lowest BCUT2D eigenvalue weighted by Crippen LogP contribution is -2.34. The minimum Gasteiger partial charge on any atom is -0.325 e. The number of rotatable bonds is 5. The summed E-state index contributed by atoms with van der Waals surface area (Å²) in [6.45, 7) is 3.88. The smallest absolute Gasteiger partial charge is 0.274 e. The SMILES string of the molecule is CC(C)(N)CSCc1ccc(Br)cc1[N+](=O)[O-]. The van der Waals surface area contributed by atoms with E-state index in [1.807, 2.05) is 19.9 Å². The number of nitrogens with zero attached hydrogens (tertiary/aromatic N) is 1. The Morgan fingerprint density at radius 2 is 2.18 bits per heavy atom. The second-order valence-electron chi connectivity index (χ2n) is 4.51. The third-order valence-electron chi connectivity index (χ3n) is 1.98.